The highest BCUT2D eigenvalue weighted by Crippen LogP contribution is 2.26. The lowest BCUT2D eigenvalue weighted by atomic mass is 10.0. The number of halogens is 1. The Balaban J connectivity index is 1.85. The zero-order chi connectivity index (χ0) is 20.8. The van der Waals surface area contributed by atoms with Gasteiger partial charge in [0.2, 0.25) is 0 Å². The molecule has 1 aromatic heterocycles. The zero-order valence-corrected chi connectivity index (χ0v) is 16.2. The number of aliphatic hydroxyl groups is 1. The second kappa shape index (κ2) is 9.16. The maximum atomic E-state index is 13.9. The average molecular weight is 395 g/mol. The monoisotopic (exact) mass is 395 g/mol. The van der Waals surface area contributed by atoms with Gasteiger partial charge in [0.15, 0.2) is 11.6 Å². The number of pyridine rings is 1. The first-order chi connectivity index (χ1) is 14.1. The van der Waals surface area contributed by atoms with E-state index < -0.39 is 5.82 Å². The van der Waals surface area contributed by atoms with Crippen molar-refractivity contribution in [1.29, 1.82) is 0 Å². The van der Waals surface area contributed by atoms with Crippen molar-refractivity contribution in [1.82, 2.24) is 10.3 Å². The summed E-state index contributed by atoms with van der Waals surface area (Å²) in [6.45, 7) is 0.0140. The Morgan fingerprint density at radius 1 is 1.21 bits per heavy atom. The molecule has 0 fully saturated rings. The fourth-order valence-corrected chi connectivity index (χ4v) is 3.02. The number of nitrogens with zero attached hydrogens (tertiary/aromatic N) is 1. The van der Waals surface area contributed by atoms with Crippen LogP contribution in [0.1, 0.15) is 21.5 Å². The molecule has 0 saturated heterocycles. The fraction of sp³-hybridized carbons (Fsp3) is 0.182. The van der Waals surface area contributed by atoms with Crippen molar-refractivity contribution < 1.29 is 19.0 Å². The number of amides is 1. The van der Waals surface area contributed by atoms with Crippen molar-refractivity contribution in [3.63, 3.8) is 0 Å². The highest BCUT2D eigenvalue weighted by Gasteiger charge is 2.15. The molecule has 150 valence electrons. The van der Waals surface area contributed by atoms with Crippen LogP contribution in [0.25, 0.3) is 11.3 Å². The number of hydrogen-bond acceptors (Lipinski definition) is 5. The Kier molecular flexibility index (Phi) is 6.41. The van der Waals surface area contributed by atoms with E-state index in [0.717, 1.165) is 0 Å². The molecule has 0 unspecified atom stereocenters. The molecule has 3 aromatic rings. The van der Waals surface area contributed by atoms with Crippen LogP contribution in [0.2, 0.25) is 0 Å². The molecule has 0 atom stereocenters. The second-order valence-corrected chi connectivity index (χ2v) is 6.33. The average Bonchev–Trinajstić information content (AvgIpc) is 2.77. The lowest BCUT2D eigenvalue weighted by Gasteiger charge is -2.13. The summed E-state index contributed by atoms with van der Waals surface area (Å²) < 4.78 is 18.8. The smallest absolute Gasteiger partial charge is 0.253 e. The predicted molar refractivity (Wildman–Crippen MR) is 109 cm³/mol. The molecule has 0 aliphatic rings. The van der Waals surface area contributed by atoms with Crippen LogP contribution in [0, 0.1) is 5.82 Å². The maximum absolute atomic E-state index is 13.9. The third-order valence-corrected chi connectivity index (χ3v) is 4.54. The molecule has 0 aliphatic heterocycles. The standard InChI is InChI=1S/C22H22FN3O3/c1-24-19-7-6-15(21-16(13-27)4-3-9-25-21)11-17(19)22(28)26-12-14-5-8-20(29-2)18(23)10-14/h3-11,24,27H,12-13H2,1-2H3,(H,26,28). The molecule has 2 aromatic carbocycles. The van der Waals surface area contributed by atoms with E-state index in [1.54, 1.807) is 43.6 Å². The van der Waals surface area contributed by atoms with Crippen molar-refractivity contribution in [2.75, 3.05) is 19.5 Å². The summed E-state index contributed by atoms with van der Waals surface area (Å²) >= 11 is 0. The van der Waals surface area contributed by atoms with Crippen LogP contribution in [0.4, 0.5) is 10.1 Å². The van der Waals surface area contributed by atoms with Gasteiger partial charge in [0.05, 0.1) is 25.0 Å². The summed E-state index contributed by atoms with van der Waals surface area (Å²) in [7, 11) is 3.13. The predicted octanol–water partition coefficient (Wildman–Crippen LogP) is 3.36. The molecular weight excluding hydrogens is 373 g/mol. The SMILES string of the molecule is CNc1ccc(-c2ncccc2CO)cc1C(=O)NCc1ccc(OC)c(F)c1. The molecule has 1 amide bonds. The molecule has 1 heterocycles. The largest absolute Gasteiger partial charge is 0.494 e. The normalized spacial score (nSPS) is 10.5. The Morgan fingerprint density at radius 3 is 2.72 bits per heavy atom. The van der Waals surface area contributed by atoms with Gasteiger partial charge in [0.1, 0.15) is 0 Å². The summed E-state index contributed by atoms with van der Waals surface area (Å²) in [5, 5.41) is 15.4. The Hall–Kier alpha value is -3.45. The second-order valence-electron chi connectivity index (χ2n) is 6.33. The number of rotatable bonds is 7. The van der Waals surface area contributed by atoms with E-state index in [9.17, 15) is 14.3 Å². The van der Waals surface area contributed by atoms with Gasteiger partial charge in [-0.05, 0) is 35.9 Å². The van der Waals surface area contributed by atoms with Crippen molar-refractivity contribution in [2.24, 2.45) is 0 Å². The number of anilines is 1. The van der Waals surface area contributed by atoms with Crippen LogP contribution in [0.15, 0.2) is 54.7 Å². The van der Waals surface area contributed by atoms with Gasteiger partial charge in [-0.2, -0.15) is 0 Å². The molecule has 3 N–H and O–H groups in total. The highest BCUT2D eigenvalue weighted by atomic mass is 19.1. The highest BCUT2D eigenvalue weighted by molar-refractivity contribution is 6.00. The molecule has 0 bridgehead atoms. The number of aromatic nitrogens is 1. The third-order valence-electron chi connectivity index (χ3n) is 4.54. The van der Waals surface area contributed by atoms with Gasteiger partial charge < -0.3 is 20.5 Å². The number of carbonyl (C=O) groups excluding carboxylic acids is 1. The van der Waals surface area contributed by atoms with Gasteiger partial charge in [-0.1, -0.05) is 18.2 Å². The van der Waals surface area contributed by atoms with Crippen LogP contribution in [0.3, 0.4) is 0 Å². The van der Waals surface area contributed by atoms with Crippen molar-refractivity contribution in [3.05, 3.63) is 77.2 Å². The number of methoxy groups -OCH3 is 1. The number of ether oxygens (including phenoxy) is 1. The summed E-state index contributed by atoms with van der Waals surface area (Å²) in [6.07, 6.45) is 1.64. The van der Waals surface area contributed by atoms with Crippen molar-refractivity contribution >= 4 is 11.6 Å². The molecule has 0 radical (unpaired) electrons. The first kappa shape index (κ1) is 20.3. The lowest BCUT2D eigenvalue weighted by molar-refractivity contribution is 0.0951. The molecule has 0 aliphatic carbocycles. The fourth-order valence-electron chi connectivity index (χ4n) is 3.02. The van der Waals surface area contributed by atoms with Crippen molar-refractivity contribution in [2.45, 2.75) is 13.2 Å². The molecule has 29 heavy (non-hydrogen) atoms. The summed E-state index contributed by atoms with van der Waals surface area (Å²) in [4.78, 5) is 17.1. The van der Waals surface area contributed by atoms with Gasteiger partial charge >= 0.3 is 0 Å². The van der Waals surface area contributed by atoms with Gasteiger partial charge in [-0.3, -0.25) is 9.78 Å². The van der Waals surface area contributed by atoms with Gasteiger partial charge in [0.25, 0.3) is 5.91 Å². The number of aliphatic hydroxyl groups excluding tert-OH is 1. The molecule has 0 spiro atoms. The number of hydrogen-bond donors (Lipinski definition) is 3. The topological polar surface area (TPSA) is 83.5 Å². The van der Waals surface area contributed by atoms with E-state index in [-0.39, 0.29) is 24.8 Å². The molecule has 3 rings (SSSR count). The van der Waals surface area contributed by atoms with Crippen LogP contribution in [-0.4, -0.2) is 30.2 Å². The van der Waals surface area contributed by atoms with E-state index in [4.69, 9.17) is 4.74 Å². The summed E-state index contributed by atoms with van der Waals surface area (Å²) in [6, 6.07) is 13.4. The van der Waals surface area contributed by atoms with Gasteiger partial charge in [-0.15, -0.1) is 0 Å². The minimum atomic E-state index is -0.483. The Morgan fingerprint density at radius 2 is 2.03 bits per heavy atom. The van der Waals surface area contributed by atoms with E-state index in [1.807, 2.05) is 6.07 Å². The number of carbonyl (C=O) groups is 1. The van der Waals surface area contributed by atoms with Crippen LogP contribution in [-0.2, 0) is 13.2 Å². The summed E-state index contributed by atoms with van der Waals surface area (Å²) in [5.41, 5.74) is 3.69. The Labute approximate surface area is 168 Å². The van der Waals surface area contributed by atoms with E-state index in [1.165, 1.54) is 19.2 Å². The quantitative estimate of drug-likeness (QED) is 0.571. The van der Waals surface area contributed by atoms with Crippen molar-refractivity contribution in [3.8, 4) is 17.0 Å². The maximum Gasteiger partial charge on any atom is 0.253 e. The lowest BCUT2D eigenvalue weighted by Crippen LogP contribution is -2.24. The van der Waals surface area contributed by atoms with E-state index >= 15 is 0 Å². The van der Waals surface area contributed by atoms with E-state index in [2.05, 4.69) is 15.6 Å². The minimum absolute atomic E-state index is 0.151. The van der Waals surface area contributed by atoms with Crippen LogP contribution >= 0.6 is 0 Å². The van der Waals surface area contributed by atoms with E-state index in [0.29, 0.717) is 33.6 Å². The Bertz CT molecular complexity index is 1020. The number of benzene rings is 2. The molecule has 6 nitrogen and oxygen atoms in total. The molecular formula is C22H22FN3O3. The molecule has 0 saturated carbocycles. The number of nitrogens with one attached hydrogen (secondary N) is 2. The van der Waals surface area contributed by atoms with Gasteiger partial charge in [-0.25, -0.2) is 4.39 Å². The molecule has 7 heteroatoms. The first-order valence-corrected chi connectivity index (χ1v) is 9.05. The third kappa shape index (κ3) is 4.52. The zero-order valence-electron chi connectivity index (χ0n) is 16.2. The minimum Gasteiger partial charge on any atom is -0.494 e. The van der Waals surface area contributed by atoms with Gasteiger partial charge in [0, 0.05) is 36.6 Å². The first-order valence-electron chi connectivity index (χ1n) is 9.05. The summed E-state index contributed by atoms with van der Waals surface area (Å²) in [5.74, 6) is -0.641. The van der Waals surface area contributed by atoms with Crippen LogP contribution < -0.4 is 15.4 Å². The van der Waals surface area contributed by atoms with Crippen LogP contribution in [0.5, 0.6) is 5.75 Å².